The third kappa shape index (κ3) is 3.29. The number of fused-ring (bicyclic) bond motifs is 1. The molecule has 9 heteroatoms. The van der Waals surface area contributed by atoms with Crippen LogP contribution in [0.15, 0.2) is 47.6 Å². The van der Waals surface area contributed by atoms with Crippen LogP contribution >= 0.6 is 0 Å². The molecule has 2 aliphatic rings. The van der Waals surface area contributed by atoms with Crippen LogP contribution in [0.2, 0.25) is 0 Å². The van der Waals surface area contributed by atoms with Gasteiger partial charge in [0.2, 0.25) is 10.0 Å². The van der Waals surface area contributed by atoms with Gasteiger partial charge in [-0.1, -0.05) is 6.07 Å². The first-order valence-corrected chi connectivity index (χ1v) is 10.0. The van der Waals surface area contributed by atoms with Gasteiger partial charge in [-0.2, -0.15) is 4.31 Å². The predicted molar refractivity (Wildman–Crippen MR) is 96.7 cm³/mol. The molecule has 1 saturated heterocycles. The summed E-state index contributed by atoms with van der Waals surface area (Å²) in [6, 6.07) is 7.96. The average Bonchev–Trinajstić information content (AvgIpc) is 2.68. The molecule has 0 atom stereocenters. The summed E-state index contributed by atoms with van der Waals surface area (Å²) < 4.78 is 32.6. The molecule has 1 aromatic carbocycles. The van der Waals surface area contributed by atoms with E-state index in [2.05, 4.69) is 10.3 Å². The van der Waals surface area contributed by atoms with Gasteiger partial charge in [-0.25, -0.2) is 8.42 Å². The Labute approximate surface area is 156 Å². The number of nitrogens with zero attached hydrogens (tertiary/aromatic N) is 2. The zero-order chi connectivity index (χ0) is 19.1. The Morgan fingerprint density at radius 1 is 1.22 bits per heavy atom. The summed E-state index contributed by atoms with van der Waals surface area (Å²) in [6.45, 7) is 0.291. The summed E-state index contributed by atoms with van der Waals surface area (Å²) in [7, 11) is -3.75. The van der Waals surface area contributed by atoms with E-state index < -0.39 is 15.6 Å². The van der Waals surface area contributed by atoms with Gasteiger partial charge in [0.25, 0.3) is 5.91 Å². The van der Waals surface area contributed by atoms with E-state index in [1.807, 2.05) is 0 Å². The third-order valence-electron chi connectivity index (χ3n) is 4.97. The number of anilines is 1. The fourth-order valence-corrected chi connectivity index (χ4v) is 4.86. The molecule has 0 radical (unpaired) electrons. The monoisotopic (exact) mass is 389 g/mol. The van der Waals surface area contributed by atoms with Gasteiger partial charge in [-0.3, -0.25) is 9.78 Å². The van der Waals surface area contributed by atoms with Crippen molar-refractivity contribution in [1.82, 2.24) is 9.29 Å². The number of pyridine rings is 1. The van der Waals surface area contributed by atoms with Crippen LogP contribution in [0, 0.1) is 0 Å². The Morgan fingerprint density at radius 3 is 2.70 bits per heavy atom. The first-order chi connectivity index (χ1) is 12.9. The minimum absolute atomic E-state index is 0.0823. The smallest absolute Gasteiger partial charge is 0.262 e. The van der Waals surface area contributed by atoms with E-state index in [9.17, 15) is 18.3 Å². The van der Waals surface area contributed by atoms with Gasteiger partial charge in [-0.15, -0.1) is 0 Å². The van der Waals surface area contributed by atoms with Crippen LogP contribution in [-0.4, -0.2) is 48.4 Å². The number of aliphatic hydroxyl groups is 1. The molecular weight excluding hydrogens is 370 g/mol. The number of benzene rings is 1. The molecule has 2 aromatic rings. The minimum atomic E-state index is -3.75. The lowest BCUT2D eigenvalue weighted by Crippen LogP contribution is -2.45. The normalized spacial score (nSPS) is 19.7. The molecule has 0 aliphatic carbocycles. The maximum Gasteiger partial charge on any atom is 0.262 e. The van der Waals surface area contributed by atoms with E-state index in [1.54, 1.807) is 24.5 Å². The molecule has 4 rings (SSSR count). The zero-order valence-corrected chi connectivity index (χ0v) is 15.3. The van der Waals surface area contributed by atoms with Crippen LogP contribution in [0.3, 0.4) is 0 Å². The number of rotatable bonds is 3. The van der Waals surface area contributed by atoms with Crippen molar-refractivity contribution in [1.29, 1.82) is 0 Å². The molecule has 2 aliphatic heterocycles. The van der Waals surface area contributed by atoms with Crippen LogP contribution in [-0.2, 0) is 20.4 Å². The fraction of sp³-hybridized carbons (Fsp3) is 0.333. The predicted octanol–water partition coefficient (Wildman–Crippen LogP) is 1.08. The molecular formula is C18H19N3O5S. The lowest BCUT2D eigenvalue weighted by atomic mass is 9.86. The summed E-state index contributed by atoms with van der Waals surface area (Å²) in [5.41, 5.74) is -0.0512. The number of aromatic nitrogens is 1. The maximum atomic E-state index is 13.0. The Hall–Kier alpha value is -2.49. The molecule has 8 nitrogen and oxygen atoms in total. The highest BCUT2D eigenvalue weighted by Crippen LogP contribution is 2.36. The van der Waals surface area contributed by atoms with E-state index in [4.69, 9.17) is 4.74 Å². The minimum Gasteiger partial charge on any atom is -0.482 e. The number of carbonyl (C=O) groups excluding carboxylic acids is 1. The van der Waals surface area contributed by atoms with E-state index in [0.717, 1.165) is 0 Å². The standard InChI is InChI=1S/C18H19N3O5S/c22-17-12-26-16-4-3-14(10-15(16)20-17)27(24,25)21-8-5-18(23,6-9-21)13-2-1-7-19-11-13/h1-4,7,10-11,23H,5-6,8-9,12H2,(H,20,22). The number of sulfonamides is 1. The highest BCUT2D eigenvalue weighted by atomic mass is 32.2. The second-order valence-electron chi connectivity index (χ2n) is 6.67. The number of ether oxygens (including phenoxy) is 1. The van der Waals surface area contributed by atoms with Gasteiger partial charge >= 0.3 is 0 Å². The number of hydrogen-bond donors (Lipinski definition) is 2. The molecule has 0 bridgehead atoms. The molecule has 0 saturated carbocycles. The van der Waals surface area contributed by atoms with Crippen LogP contribution in [0.25, 0.3) is 0 Å². The van der Waals surface area contributed by atoms with E-state index in [1.165, 1.54) is 22.5 Å². The second kappa shape index (κ2) is 6.59. The van der Waals surface area contributed by atoms with Crippen molar-refractivity contribution in [3.8, 4) is 5.75 Å². The van der Waals surface area contributed by atoms with Gasteiger partial charge in [0.05, 0.1) is 16.2 Å². The zero-order valence-electron chi connectivity index (χ0n) is 14.5. The van der Waals surface area contributed by atoms with E-state index >= 15 is 0 Å². The Kier molecular flexibility index (Phi) is 4.37. The highest BCUT2D eigenvalue weighted by Gasteiger charge is 2.38. The molecule has 27 heavy (non-hydrogen) atoms. The van der Waals surface area contributed by atoms with Crippen LogP contribution in [0.1, 0.15) is 18.4 Å². The third-order valence-corrected chi connectivity index (χ3v) is 6.86. The first kappa shape index (κ1) is 17.9. The number of nitrogens with one attached hydrogen (secondary N) is 1. The number of piperidine rings is 1. The summed E-state index contributed by atoms with van der Waals surface area (Å²) in [6.07, 6.45) is 3.80. The Balaban J connectivity index is 1.54. The molecule has 1 aromatic heterocycles. The van der Waals surface area contributed by atoms with Gasteiger partial charge in [0, 0.05) is 31.0 Å². The average molecular weight is 389 g/mol. The van der Waals surface area contributed by atoms with E-state index in [0.29, 0.717) is 17.0 Å². The van der Waals surface area contributed by atoms with Crippen LogP contribution in [0.4, 0.5) is 5.69 Å². The van der Waals surface area contributed by atoms with Crippen molar-refractivity contribution in [3.63, 3.8) is 0 Å². The molecule has 3 heterocycles. The second-order valence-corrected chi connectivity index (χ2v) is 8.61. The lowest BCUT2D eigenvalue weighted by molar-refractivity contribution is -0.118. The molecule has 0 unspecified atom stereocenters. The largest absolute Gasteiger partial charge is 0.482 e. The number of amides is 1. The van der Waals surface area contributed by atoms with Crippen molar-refractivity contribution in [3.05, 3.63) is 48.3 Å². The Morgan fingerprint density at radius 2 is 2.00 bits per heavy atom. The maximum absolute atomic E-state index is 13.0. The van der Waals surface area contributed by atoms with E-state index in [-0.39, 0.29) is 43.3 Å². The van der Waals surface area contributed by atoms with Gasteiger partial charge in [-0.05, 0) is 37.1 Å². The topological polar surface area (TPSA) is 109 Å². The molecule has 142 valence electrons. The van der Waals surface area contributed by atoms with Gasteiger partial charge in [0.15, 0.2) is 6.61 Å². The van der Waals surface area contributed by atoms with Crippen molar-refractivity contribution >= 4 is 21.6 Å². The van der Waals surface area contributed by atoms with Crippen molar-refractivity contribution in [2.45, 2.75) is 23.3 Å². The number of hydrogen-bond acceptors (Lipinski definition) is 6. The van der Waals surface area contributed by atoms with Crippen molar-refractivity contribution in [2.24, 2.45) is 0 Å². The summed E-state index contributed by atoms with van der Waals surface area (Å²) in [5, 5.41) is 13.5. The lowest BCUT2D eigenvalue weighted by Gasteiger charge is -2.37. The quantitative estimate of drug-likeness (QED) is 0.813. The fourth-order valence-electron chi connectivity index (χ4n) is 3.39. The first-order valence-electron chi connectivity index (χ1n) is 8.58. The summed E-state index contributed by atoms with van der Waals surface area (Å²) >= 11 is 0. The summed E-state index contributed by atoms with van der Waals surface area (Å²) in [5.74, 6) is 0.120. The van der Waals surface area contributed by atoms with Gasteiger partial charge < -0.3 is 15.2 Å². The summed E-state index contributed by atoms with van der Waals surface area (Å²) in [4.78, 5) is 15.6. The Bertz CT molecular complexity index is 970. The van der Waals surface area contributed by atoms with Crippen LogP contribution < -0.4 is 10.1 Å². The van der Waals surface area contributed by atoms with Gasteiger partial charge in [0.1, 0.15) is 5.75 Å². The molecule has 2 N–H and O–H groups in total. The highest BCUT2D eigenvalue weighted by molar-refractivity contribution is 7.89. The molecule has 1 fully saturated rings. The SMILES string of the molecule is O=C1COc2ccc(S(=O)(=O)N3CCC(O)(c4cccnc4)CC3)cc2N1. The molecule has 0 spiro atoms. The van der Waals surface area contributed by atoms with Crippen LogP contribution in [0.5, 0.6) is 5.75 Å². The molecule has 1 amide bonds. The number of carbonyl (C=O) groups is 1. The van der Waals surface area contributed by atoms with Crippen molar-refractivity contribution < 1.29 is 23.1 Å². The van der Waals surface area contributed by atoms with Crippen molar-refractivity contribution in [2.75, 3.05) is 25.0 Å².